The number of carbonyl (C=O) groups excluding carboxylic acids is 1. The van der Waals surface area contributed by atoms with Crippen LogP contribution in [0.2, 0.25) is 0 Å². The lowest BCUT2D eigenvalue weighted by Crippen LogP contribution is -2.12. The topological polar surface area (TPSA) is 108 Å². The van der Waals surface area contributed by atoms with Crippen LogP contribution in [0, 0.1) is 28.6 Å². The number of aromatic nitrogens is 1. The molecule has 1 N–H and O–H groups in total. The van der Waals surface area contributed by atoms with Crippen molar-refractivity contribution < 1.29 is 14.3 Å². The first kappa shape index (κ1) is 29.2. The number of nitrogens with one attached hydrogen (secondary N) is 1. The Bertz CT molecular complexity index is 1700. The average Bonchev–Trinajstić information content (AvgIpc) is 3.36. The van der Waals surface area contributed by atoms with Gasteiger partial charge >= 0.3 is 0 Å². The number of thioether (sulfide) groups is 1. The van der Waals surface area contributed by atoms with E-state index >= 15 is 0 Å². The van der Waals surface area contributed by atoms with Gasteiger partial charge in [0, 0.05) is 33.7 Å². The zero-order chi connectivity index (χ0) is 29.6. The number of thiophene rings is 1. The maximum Gasteiger partial charge on any atom is 0.225 e. The van der Waals surface area contributed by atoms with Crippen LogP contribution in [0.25, 0.3) is 22.4 Å². The number of pyridine rings is 1. The predicted molar refractivity (Wildman–Crippen MR) is 167 cm³/mol. The molecule has 2 heterocycles. The van der Waals surface area contributed by atoms with E-state index in [0.29, 0.717) is 61.1 Å². The fourth-order valence-corrected chi connectivity index (χ4v) is 7.44. The Morgan fingerprint density at radius 3 is 2.57 bits per heavy atom. The fraction of sp³-hybridized carbons (Fsp3) is 0.273. The van der Waals surface area contributed by atoms with Crippen LogP contribution in [0.5, 0.6) is 11.5 Å². The van der Waals surface area contributed by atoms with Crippen LogP contribution < -0.4 is 14.8 Å². The highest BCUT2D eigenvalue weighted by Crippen LogP contribution is 2.41. The first-order valence-electron chi connectivity index (χ1n) is 13.7. The molecule has 0 bridgehead atoms. The van der Waals surface area contributed by atoms with E-state index in [2.05, 4.69) is 24.4 Å². The van der Waals surface area contributed by atoms with Crippen LogP contribution >= 0.6 is 23.1 Å². The molecule has 212 valence electrons. The zero-order valence-corrected chi connectivity index (χ0v) is 25.3. The van der Waals surface area contributed by atoms with Crippen molar-refractivity contribution in [2.45, 2.75) is 37.6 Å². The predicted octanol–water partition coefficient (Wildman–Crippen LogP) is 7.48. The van der Waals surface area contributed by atoms with Crippen LogP contribution in [0.3, 0.4) is 0 Å². The second-order valence-corrected chi connectivity index (χ2v) is 12.3. The van der Waals surface area contributed by atoms with Gasteiger partial charge in [0.15, 0.2) is 0 Å². The molecule has 5 rings (SSSR count). The SMILES string of the molecule is COc1ccc(OC)c(-c2cc(-c3ccccc3)nc(SCCC(=O)Nc3sc4c(c3C#N)CCC(C)C4)c2C#N)c1. The van der Waals surface area contributed by atoms with E-state index in [9.17, 15) is 15.3 Å². The van der Waals surface area contributed by atoms with Gasteiger partial charge < -0.3 is 14.8 Å². The number of amides is 1. The van der Waals surface area contributed by atoms with Crippen molar-refractivity contribution in [1.29, 1.82) is 10.5 Å². The Morgan fingerprint density at radius 2 is 1.86 bits per heavy atom. The standard InChI is InChI=1S/C33H30N4O3S2/c1-20-9-11-23-26(18-34)33(42-30(23)15-20)37-31(38)13-14-41-32-27(19-35)24(17-28(36-32)21-7-5-4-6-8-21)25-16-22(39-2)10-12-29(25)40-3/h4-8,10,12,16-17,20H,9,11,13-15H2,1-3H3,(H,37,38). The number of hydrogen-bond acceptors (Lipinski definition) is 8. The number of nitrogens with zero attached hydrogens (tertiary/aromatic N) is 3. The van der Waals surface area contributed by atoms with E-state index in [1.807, 2.05) is 54.6 Å². The summed E-state index contributed by atoms with van der Waals surface area (Å²) >= 11 is 2.88. The molecule has 1 atom stereocenters. The molecule has 4 aromatic rings. The van der Waals surface area contributed by atoms with E-state index in [1.165, 1.54) is 28.0 Å². The minimum absolute atomic E-state index is 0.168. The van der Waals surface area contributed by atoms with E-state index in [-0.39, 0.29) is 12.3 Å². The van der Waals surface area contributed by atoms with Crippen molar-refractivity contribution in [3.8, 4) is 46.0 Å². The summed E-state index contributed by atoms with van der Waals surface area (Å²) in [5, 5.41) is 24.2. The summed E-state index contributed by atoms with van der Waals surface area (Å²) in [6, 6.07) is 21.8. The largest absolute Gasteiger partial charge is 0.497 e. The normalized spacial score (nSPS) is 13.9. The molecular formula is C33H30N4O3S2. The van der Waals surface area contributed by atoms with Gasteiger partial charge in [0.05, 0.1) is 31.0 Å². The molecule has 1 aliphatic rings. The second-order valence-electron chi connectivity index (χ2n) is 10.1. The molecule has 2 aromatic heterocycles. The van der Waals surface area contributed by atoms with Crippen molar-refractivity contribution >= 4 is 34.0 Å². The van der Waals surface area contributed by atoms with Gasteiger partial charge in [-0.1, -0.05) is 37.3 Å². The minimum atomic E-state index is -0.168. The van der Waals surface area contributed by atoms with Gasteiger partial charge in [0.25, 0.3) is 0 Å². The van der Waals surface area contributed by atoms with Crippen LogP contribution in [0.4, 0.5) is 5.00 Å². The van der Waals surface area contributed by atoms with Gasteiger partial charge in [-0.15, -0.1) is 23.1 Å². The monoisotopic (exact) mass is 594 g/mol. The Balaban J connectivity index is 1.42. The molecule has 0 fully saturated rings. The van der Waals surface area contributed by atoms with Crippen molar-refractivity contribution in [3.05, 3.63) is 76.2 Å². The van der Waals surface area contributed by atoms with Crippen LogP contribution in [-0.2, 0) is 17.6 Å². The summed E-state index contributed by atoms with van der Waals surface area (Å²) in [5.74, 6) is 2.06. The van der Waals surface area contributed by atoms with Crippen LogP contribution in [-0.4, -0.2) is 30.9 Å². The third kappa shape index (κ3) is 6.13. The lowest BCUT2D eigenvalue weighted by atomic mass is 9.89. The number of carbonyl (C=O) groups is 1. The number of anilines is 1. The van der Waals surface area contributed by atoms with Gasteiger partial charge in [-0.2, -0.15) is 10.5 Å². The average molecular weight is 595 g/mol. The smallest absolute Gasteiger partial charge is 0.225 e. The quantitative estimate of drug-likeness (QED) is 0.200. The Kier molecular flexibility index (Phi) is 9.12. The molecule has 7 nitrogen and oxygen atoms in total. The summed E-state index contributed by atoms with van der Waals surface area (Å²) < 4.78 is 11.1. The number of rotatable bonds is 9. The summed E-state index contributed by atoms with van der Waals surface area (Å²) in [6.07, 6.45) is 3.08. The third-order valence-electron chi connectivity index (χ3n) is 7.31. The molecule has 9 heteroatoms. The number of fused-ring (bicyclic) bond motifs is 1. The fourth-order valence-electron chi connectivity index (χ4n) is 5.11. The Labute approximate surface area is 254 Å². The van der Waals surface area contributed by atoms with Gasteiger partial charge in [0.2, 0.25) is 5.91 Å². The van der Waals surface area contributed by atoms with E-state index in [1.54, 1.807) is 14.2 Å². The zero-order valence-electron chi connectivity index (χ0n) is 23.7. The maximum absolute atomic E-state index is 13.0. The number of benzene rings is 2. The lowest BCUT2D eigenvalue weighted by molar-refractivity contribution is -0.115. The number of hydrogen-bond donors (Lipinski definition) is 1. The molecule has 1 aliphatic carbocycles. The molecule has 0 saturated carbocycles. The van der Waals surface area contributed by atoms with Crippen LogP contribution in [0.15, 0.2) is 59.6 Å². The van der Waals surface area contributed by atoms with E-state index < -0.39 is 0 Å². The molecule has 42 heavy (non-hydrogen) atoms. The second kappa shape index (κ2) is 13.1. The highest BCUT2D eigenvalue weighted by atomic mass is 32.2. The lowest BCUT2D eigenvalue weighted by Gasteiger charge is -2.17. The highest BCUT2D eigenvalue weighted by molar-refractivity contribution is 7.99. The van der Waals surface area contributed by atoms with Gasteiger partial charge in [-0.25, -0.2) is 4.98 Å². The summed E-state index contributed by atoms with van der Waals surface area (Å²) in [5.41, 5.74) is 5.09. The van der Waals surface area contributed by atoms with Crippen molar-refractivity contribution in [3.63, 3.8) is 0 Å². The van der Waals surface area contributed by atoms with Crippen LogP contribution in [0.1, 0.15) is 41.3 Å². The molecule has 0 saturated heterocycles. The number of methoxy groups -OCH3 is 2. The van der Waals surface area contributed by atoms with E-state index in [4.69, 9.17) is 14.5 Å². The molecule has 1 unspecified atom stereocenters. The van der Waals surface area contributed by atoms with E-state index in [0.717, 1.165) is 30.4 Å². The summed E-state index contributed by atoms with van der Waals surface area (Å²) in [4.78, 5) is 19.0. The Morgan fingerprint density at radius 1 is 1.07 bits per heavy atom. The number of ether oxygens (including phenoxy) is 2. The van der Waals surface area contributed by atoms with Gasteiger partial charge in [-0.05, 0) is 55.0 Å². The van der Waals surface area contributed by atoms with Crippen molar-refractivity contribution in [2.75, 3.05) is 25.3 Å². The molecular weight excluding hydrogens is 565 g/mol. The van der Waals surface area contributed by atoms with Crippen molar-refractivity contribution in [2.24, 2.45) is 5.92 Å². The Hall–Kier alpha value is -4.31. The first-order chi connectivity index (χ1) is 20.4. The molecule has 0 radical (unpaired) electrons. The third-order valence-corrected chi connectivity index (χ3v) is 9.46. The molecule has 2 aromatic carbocycles. The summed E-state index contributed by atoms with van der Waals surface area (Å²) in [6.45, 7) is 2.22. The highest BCUT2D eigenvalue weighted by Gasteiger charge is 2.25. The first-order valence-corrected chi connectivity index (χ1v) is 15.5. The minimum Gasteiger partial charge on any atom is -0.497 e. The molecule has 1 amide bonds. The summed E-state index contributed by atoms with van der Waals surface area (Å²) in [7, 11) is 3.18. The maximum atomic E-state index is 13.0. The van der Waals surface area contributed by atoms with Gasteiger partial charge in [0.1, 0.15) is 33.7 Å². The number of nitriles is 2. The van der Waals surface area contributed by atoms with Crippen molar-refractivity contribution in [1.82, 2.24) is 4.98 Å². The molecule has 0 aliphatic heterocycles. The molecule has 0 spiro atoms. The van der Waals surface area contributed by atoms with Gasteiger partial charge in [-0.3, -0.25) is 4.79 Å².